The van der Waals surface area contributed by atoms with Gasteiger partial charge in [0.05, 0.1) is 0 Å². The van der Waals surface area contributed by atoms with Gasteiger partial charge in [0.25, 0.3) is 0 Å². The minimum Gasteiger partial charge on any atom is -0.356 e. The van der Waals surface area contributed by atoms with Crippen LogP contribution in [0.1, 0.15) is 18.5 Å². The van der Waals surface area contributed by atoms with E-state index in [1.807, 2.05) is 0 Å². The SMILES string of the molecule is NCC1CN(c2cc(CC3CC3)ncn2)C1. The molecular formula is C12H18N4. The zero-order valence-corrected chi connectivity index (χ0v) is 9.47. The van der Waals surface area contributed by atoms with E-state index in [4.69, 9.17) is 5.73 Å². The molecule has 1 aromatic heterocycles. The van der Waals surface area contributed by atoms with Crippen molar-refractivity contribution in [1.29, 1.82) is 0 Å². The van der Waals surface area contributed by atoms with E-state index in [0.29, 0.717) is 5.92 Å². The smallest absolute Gasteiger partial charge is 0.132 e. The van der Waals surface area contributed by atoms with Gasteiger partial charge in [0, 0.05) is 30.8 Å². The fourth-order valence-corrected chi connectivity index (χ4v) is 2.19. The summed E-state index contributed by atoms with van der Waals surface area (Å²) in [4.78, 5) is 11.0. The molecule has 3 rings (SSSR count). The molecule has 1 saturated heterocycles. The monoisotopic (exact) mass is 218 g/mol. The molecule has 1 aromatic rings. The van der Waals surface area contributed by atoms with Gasteiger partial charge in [0.1, 0.15) is 12.1 Å². The molecule has 1 aliphatic heterocycles. The van der Waals surface area contributed by atoms with Crippen molar-refractivity contribution in [2.24, 2.45) is 17.6 Å². The van der Waals surface area contributed by atoms with E-state index in [0.717, 1.165) is 37.8 Å². The molecule has 2 aliphatic rings. The van der Waals surface area contributed by atoms with Crippen molar-refractivity contribution in [3.63, 3.8) is 0 Å². The standard InChI is InChI=1S/C12H18N4/c13-5-10-6-16(7-10)12-4-11(14-8-15-12)3-9-1-2-9/h4,8-10H,1-3,5-7,13H2. The second-order valence-corrected chi connectivity index (χ2v) is 5.02. The summed E-state index contributed by atoms with van der Waals surface area (Å²) < 4.78 is 0. The van der Waals surface area contributed by atoms with Crippen LogP contribution in [0, 0.1) is 11.8 Å². The third-order valence-electron chi connectivity index (χ3n) is 3.52. The van der Waals surface area contributed by atoms with Crippen molar-refractivity contribution >= 4 is 5.82 Å². The Balaban J connectivity index is 1.65. The largest absolute Gasteiger partial charge is 0.356 e. The summed E-state index contributed by atoms with van der Waals surface area (Å²) in [6.45, 7) is 2.89. The number of rotatable bonds is 4. The molecule has 4 nitrogen and oxygen atoms in total. The number of nitrogens with two attached hydrogens (primary N) is 1. The molecule has 0 amide bonds. The van der Waals surface area contributed by atoms with Gasteiger partial charge in [-0.3, -0.25) is 0 Å². The average molecular weight is 218 g/mol. The summed E-state index contributed by atoms with van der Waals surface area (Å²) in [5.41, 5.74) is 6.82. The van der Waals surface area contributed by atoms with Crippen LogP contribution in [0.25, 0.3) is 0 Å². The number of aromatic nitrogens is 2. The molecule has 2 N–H and O–H groups in total. The summed E-state index contributed by atoms with van der Waals surface area (Å²) in [5.74, 6) is 2.62. The first-order chi connectivity index (χ1) is 7.85. The molecule has 1 saturated carbocycles. The van der Waals surface area contributed by atoms with Gasteiger partial charge in [-0.15, -0.1) is 0 Å². The molecule has 1 aliphatic carbocycles. The quantitative estimate of drug-likeness (QED) is 0.813. The lowest BCUT2D eigenvalue weighted by atomic mass is 10.0. The molecule has 0 radical (unpaired) electrons. The van der Waals surface area contributed by atoms with Crippen molar-refractivity contribution in [1.82, 2.24) is 9.97 Å². The van der Waals surface area contributed by atoms with E-state index in [1.54, 1.807) is 6.33 Å². The first kappa shape index (κ1) is 10.0. The van der Waals surface area contributed by atoms with E-state index < -0.39 is 0 Å². The predicted molar refractivity (Wildman–Crippen MR) is 63.2 cm³/mol. The van der Waals surface area contributed by atoms with E-state index in [2.05, 4.69) is 20.9 Å². The van der Waals surface area contributed by atoms with Crippen LogP contribution in [0.4, 0.5) is 5.82 Å². The fourth-order valence-electron chi connectivity index (χ4n) is 2.19. The summed E-state index contributed by atoms with van der Waals surface area (Å²) in [6, 6.07) is 2.14. The highest BCUT2D eigenvalue weighted by molar-refractivity contribution is 5.42. The fraction of sp³-hybridized carbons (Fsp3) is 0.667. The molecule has 2 heterocycles. The maximum atomic E-state index is 5.62. The lowest BCUT2D eigenvalue weighted by Gasteiger charge is -2.39. The van der Waals surface area contributed by atoms with Crippen molar-refractivity contribution in [3.05, 3.63) is 18.1 Å². The van der Waals surface area contributed by atoms with Gasteiger partial charge in [-0.05, 0) is 31.7 Å². The summed E-state index contributed by atoms with van der Waals surface area (Å²) >= 11 is 0. The normalized spacial score (nSPS) is 20.9. The van der Waals surface area contributed by atoms with Crippen LogP contribution in [-0.4, -0.2) is 29.6 Å². The second-order valence-electron chi connectivity index (χ2n) is 5.02. The van der Waals surface area contributed by atoms with Crippen LogP contribution in [0.15, 0.2) is 12.4 Å². The molecule has 86 valence electrons. The summed E-state index contributed by atoms with van der Waals surface area (Å²) in [5, 5.41) is 0. The van der Waals surface area contributed by atoms with Crippen molar-refractivity contribution in [3.8, 4) is 0 Å². The molecule has 0 atom stereocenters. The van der Waals surface area contributed by atoms with Crippen LogP contribution in [0.2, 0.25) is 0 Å². The van der Waals surface area contributed by atoms with E-state index in [9.17, 15) is 0 Å². The molecular weight excluding hydrogens is 200 g/mol. The number of hydrogen-bond donors (Lipinski definition) is 1. The van der Waals surface area contributed by atoms with Gasteiger partial charge in [-0.1, -0.05) is 0 Å². The highest BCUT2D eigenvalue weighted by Gasteiger charge is 2.27. The zero-order valence-electron chi connectivity index (χ0n) is 9.47. The first-order valence-electron chi connectivity index (χ1n) is 6.11. The lowest BCUT2D eigenvalue weighted by Crippen LogP contribution is -2.50. The van der Waals surface area contributed by atoms with Gasteiger partial charge in [-0.2, -0.15) is 0 Å². The third kappa shape index (κ3) is 2.02. The van der Waals surface area contributed by atoms with Crippen LogP contribution >= 0.6 is 0 Å². The van der Waals surface area contributed by atoms with Crippen LogP contribution in [-0.2, 0) is 6.42 Å². The van der Waals surface area contributed by atoms with E-state index in [-0.39, 0.29) is 0 Å². The van der Waals surface area contributed by atoms with E-state index in [1.165, 1.54) is 18.5 Å². The zero-order chi connectivity index (χ0) is 11.0. The van der Waals surface area contributed by atoms with Gasteiger partial charge < -0.3 is 10.6 Å². The lowest BCUT2D eigenvalue weighted by molar-refractivity contribution is 0.416. The first-order valence-corrected chi connectivity index (χ1v) is 6.11. The molecule has 16 heavy (non-hydrogen) atoms. The Hall–Kier alpha value is -1.16. The van der Waals surface area contributed by atoms with Crippen molar-refractivity contribution in [2.75, 3.05) is 24.5 Å². The highest BCUT2D eigenvalue weighted by atomic mass is 15.2. The Labute approximate surface area is 95.9 Å². The van der Waals surface area contributed by atoms with E-state index >= 15 is 0 Å². The minimum atomic E-state index is 0.654. The Morgan fingerprint density at radius 2 is 2.06 bits per heavy atom. The molecule has 0 aromatic carbocycles. The third-order valence-corrected chi connectivity index (χ3v) is 3.52. The maximum Gasteiger partial charge on any atom is 0.132 e. The Bertz CT molecular complexity index is 369. The Morgan fingerprint density at radius 1 is 1.25 bits per heavy atom. The predicted octanol–water partition coefficient (Wildman–Crippen LogP) is 0.824. The molecule has 0 spiro atoms. The topological polar surface area (TPSA) is 55.0 Å². The van der Waals surface area contributed by atoms with Crippen LogP contribution < -0.4 is 10.6 Å². The van der Waals surface area contributed by atoms with Gasteiger partial charge in [0.2, 0.25) is 0 Å². The second kappa shape index (κ2) is 4.01. The number of anilines is 1. The van der Waals surface area contributed by atoms with Gasteiger partial charge in [-0.25, -0.2) is 9.97 Å². The Kier molecular flexibility index (Phi) is 2.52. The van der Waals surface area contributed by atoms with Crippen molar-refractivity contribution in [2.45, 2.75) is 19.3 Å². The number of nitrogens with zero attached hydrogens (tertiary/aromatic N) is 3. The average Bonchev–Trinajstić information content (AvgIpc) is 3.01. The Morgan fingerprint density at radius 3 is 2.75 bits per heavy atom. The number of hydrogen-bond acceptors (Lipinski definition) is 4. The van der Waals surface area contributed by atoms with Gasteiger partial charge in [0.15, 0.2) is 0 Å². The summed E-state index contributed by atoms with van der Waals surface area (Å²) in [7, 11) is 0. The van der Waals surface area contributed by atoms with Crippen LogP contribution in [0.3, 0.4) is 0 Å². The summed E-state index contributed by atoms with van der Waals surface area (Å²) in [6.07, 6.45) is 5.57. The molecule has 4 heteroatoms. The van der Waals surface area contributed by atoms with Crippen molar-refractivity contribution < 1.29 is 0 Å². The molecule has 2 fully saturated rings. The minimum absolute atomic E-state index is 0.654. The van der Waals surface area contributed by atoms with Gasteiger partial charge >= 0.3 is 0 Å². The molecule has 0 unspecified atom stereocenters. The van der Waals surface area contributed by atoms with Crippen LogP contribution in [0.5, 0.6) is 0 Å². The maximum absolute atomic E-state index is 5.62. The highest BCUT2D eigenvalue weighted by Crippen LogP contribution is 2.32. The molecule has 0 bridgehead atoms.